The molecule has 166 valence electrons. The highest BCUT2D eigenvalue weighted by Gasteiger charge is 2.33. The highest BCUT2D eigenvalue weighted by molar-refractivity contribution is 7.93. The van der Waals surface area contributed by atoms with Gasteiger partial charge < -0.3 is 9.47 Å². The van der Waals surface area contributed by atoms with Gasteiger partial charge in [0.25, 0.3) is 10.0 Å². The molecule has 0 aliphatic rings. The van der Waals surface area contributed by atoms with Gasteiger partial charge in [0.2, 0.25) is 0 Å². The second-order valence-electron chi connectivity index (χ2n) is 6.38. The number of carbonyl (C=O) groups excluding carboxylic acids is 1. The molecular formula is C19H21N3O7S2. The number of fused-ring (bicyclic) bond motifs is 1. The van der Waals surface area contributed by atoms with Crippen molar-refractivity contribution in [1.82, 2.24) is 14.1 Å². The van der Waals surface area contributed by atoms with Crippen LogP contribution in [0.5, 0.6) is 11.5 Å². The van der Waals surface area contributed by atoms with Gasteiger partial charge in [0.1, 0.15) is 17.1 Å². The number of benzene rings is 1. The highest BCUT2D eigenvalue weighted by Crippen LogP contribution is 2.26. The molecule has 10 nitrogen and oxygen atoms in total. The predicted molar refractivity (Wildman–Crippen MR) is 111 cm³/mol. The predicted octanol–water partition coefficient (Wildman–Crippen LogP) is 2.39. The van der Waals surface area contributed by atoms with Crippen LogP contribution in [0, 0.1) is 0 Å². The number of ether oxygens (including phenoxy) is 2. The maximum atomic E-state index is 13.0. The Balaban J connectivity index is 2.08. The van der Waals surface area contributed by atoms with Gasteiger partial charge in [0, 0.05) is 0 Å². The molecule has 3 rings (SSSR count). The Morgan fingerprint density at radius 2 is 1.74 bits per heavy atom. The molecule has 0 atom stereocenters. The van der Waals surface area contributed by atoms with Crippen molar-refractivity contribution in [2.24, 2.45) is 0 Å². The lowest BCUT2D eigenvalue weighted by molar-refractivity contribution is 0.206. The largest absolute Gasteiger partial charge is 0.492 e. The average Bonchev–Trinajstić information content (AvgIpc) is 3.13. The van der Waals surface area contributed by atoms with Crippen LogP contribution in [0.1, 0.15) is 20.3 Å². The minimum Gasteiger partial charge on any atom is -0.492 e. The molecule has 0 saturated heterocycles. The fraction of sp³-hybridized carbons (Fsp3) is 0.263. The third-order valence-electron chi connectivity index (χ3n) is 4.09. The smallest absolute Gasteiger partial charge is 0.426 e. The molecule has 2 aromatic heterocycles. The minimum atomic E-state index is -4.68. The van der Waals surface area contributed by atoms with Gasteiger partial charge in [-0.15, -0.1) is 0 Å². The molecule has 1 amide bonds. The number of pyridine rings is 1. The van der Waals surface area contributed by atoms with Crippen LogP contribution in [-0.4, -0.2) is 44.7 Å². The van der Waals surface area contributed by atoms with E-state index in [9.17, 15) is 21.6 Å². The fourth-order valence-corrected chi connectivity index (χ4v) is 5.26. The van der Waals surface area contributed by atoms with E-state index in [0.29, 0.717) is 12.4 Å². The van der Waals surface area contributed by atoms with E-state index in [1.807, 2.05) is 6.92 Å². The van der Waals surface area contributed by atoms with Gasteiger partial charge in [-0.2, -0.15) is 8.42 Å². The van der Waals surface area contributed by atoms with Crippen LogP contribution in [0.25, 0.3) is 5.65 Å². The summed E-state index contributed by atoms with van der Waals surface area (Å²) in [4.78, 5) is 16.2. The van der Waals surface area contributed by atoms with Crippen LogP contribution in [-0.2, 0) is 19.9 Å². The number of nitrogens with zero attached hydrogens (tertiary/aromatic N) is 2. The van der Waals surface area contributed by atoms with Crippen molar-refractivity contribution in [1.29, 1.82) is 0 Å². The Labute approximate surface area is 179 Å². The summed E-state index contributed by atoms with van der Waals surface area (Å²) in [7, 11) is -8.73. The number of sulfonamides is 1. The number of hydrogen-bond acceptors (Lipinski definition) is 8. The van der Waals surface area contributed by atoms with Gasteiger partial charge in [-0.05, 0) is 30.7 Å². The normalized spacial score (nSPS) is 11.9. The van der Waals surface area contributed by atoms with Gasteiger partial charge in [0.05, 0.1) is 18.6 Å². The van der Waals surface area contributed by atoms with Crippen molar-refractivity contribution in [3.05, 3.63) is 48.7 Å². The topological polar surface area (TPSA) is 133 Å². The Hall–Kier alpha value is -3.12. The average molecular weight is 468 g/mol. The van der Waals surface area contributed by atoms with Gasteiger partial charge in [-0.25, -0.2) is 22.9 Å². The first-order valence-corrected chi connectivity index (χ1v) is 12.5. The van der Waals surface area contributed by atoms with E-state index in [1.54, 1.807) is 29.0 Å². The molecule has 1 aromatic carbocycles. The van der Waals surface area contributed by atoms with E-state index < -0.39 is 36.0 Å². The third kappa shape index (κ3) is 4.97. The molecule has 12 heteroatoms. The van der Waals surface area contributed by atoms with E-state index in [0.717, 1.165) is 10.8 Å². The van der Waals surface area contributed by atoms with E-state index in [1.165, 1.54) is 31.3 Å². The van der Waals surface area contributed by atoms with Crippen molar-refractivity contribution in [2.75, 3.05) is 12.4 Å². The Bertz CT molecular complexity index is 1300. The summed E-state index contributed by atoms with van der Waals surface area (Å²) >= 11 is 0. The van der Waals surface area contributed by atoms with E-state index in [4.69, 9.17) is 9.47 Å². The summed E-state index contributed by atoms with van der Waals surface area (Å²) in [5.41, 5.74) is 0.0627. The Morgan fingerprint density at radius 3 is 2.39 bits per heavy atom. The summed E-state index contributed by atoms with van der Waals surface area (Å²) in [6.07, 6.45) is 0.735. The van der Waals surface area contributed by atoms with Crippen molar-refractivity contribution in [3.63, 3.8) is 0 Å². The van der Waals surface area contributed by atoms with Crippen LogP contribution < -0.4 is 14.2 Å². The SMILES string of the molecule is CCCOc1ccc2nc(S(=O)(=O)CC)c(S(=O)(=O)NC(=O)Oc3ccccc3)n2c1. The van der Waals surface area contributed by atoms with Crippen LogP contribution in [0.3, 0.4) is 0 Å². The maximum absolute atomic E-state index is 13.0. The highest BCUT2D eigenvalue weighted by atomic mass is 32.2. The standard InChI is InChI=1S/C19H21N3O7S2/c1-3-12-28-15-10-11-16-20-17(30(24,25)4-2)18(22(16)13-15)31(26,27)21-19(23)29-14-8-6-5-7-9-14/h5-11,13H,3-4,12H2,1-2H3,(H,21,23). The van der Waals surface area contributed by atoms with E-state index in [2.05, 4.69) is 4.98 Å². The molecule has 0 fully saturated rings. The number of amides is 1. The molecule has 3 aromatic rings. The minimum absolute atomic E-state index is 0.0627. The molecule has 0 unspecified atom stereocenters. The number of carbonyl (C=O) groups is 1. The van der Waals surface area contributed by atoms with Crippen LogP contribution >= 0.6 is 0 Å². The lowest BCUT2D eigenvalue weighted by atomic mass is 10.3. The molecule has 0 radical (unpaired) electrons. The Kier molecular flexibility index (Phi) is 6.51. The maximum Gasteiger partial charge on any atom is 0.426 e. The number of sulfone groups is 1. The zero-order valence-corrected chi connectivity index (χ0v) is 18.4. The molecule has 0 saturated carbocycles. The number of para-hydroxylation sites is 1. The summed E-state index contributed by atoms with van der Waals surface area (Å²) in [6, 6.07) is 10.8. The van der Waals surface area contributed by atoms with Gasteiger partial charge in [0.15, 0.2) is 19.9 Å². The van der Waals surface area contributed by atoms with E-state index in [-0.39, 0.29) is 17.1 Å². The second-order valence-corrected chi connectivity index (χ2v) is 10.2. The molecule has 0 spiro atoms. The lowest BCUT2D eigenvalue weighted by Gasteiger charge is -2.10. The van der Waals surface area contributed by atoms with Gasteiger partial charge in [-0.3, -0.25) is 4.40 Å². The number of nitrogens with one attached hydrogen (secondary N) is 1. The van der Waals surface area contributed by atoms with Crippen LogP contribution in [0.2, 0.25) is 0 Å². The van der Waals surface area contributed by atoms with Crippen molar-refractivity contribution in [3.8, 4) is 11.5 Å². The van der Waals surface area contributed by atoms with Gasteiger partial charge >= 0.3 is 6.09 Å². The van der Waals surface area contributed by atoms with Crippen molar-refractivity contribution in [2.45, 2.75) is 30.3 Å². The molecule has 0 aliphatic carbocycles. The quantitative estimate of drug-likeness (QED) is 0.534. The summed E-state index contributed by atoms with van der Waals surface area (Å²) < 4.78 is 64.5. The number of hydrogen-bond donors (Lipinski definition) is 1. The summed E-state index contributed by atoms with van der Waals surface area (Å²) in [5.74, 6) is 0.0491. The molecular weight excluding hydrogens is 446 g/mol. The number of aromatic nitrogens is 2. The van der Waals surface area contributed by atoms with E-state index >= 15 is 0 Å². The lowest BCUT2D eigenvalue weighted by Crippen LogP contribution is -2.34. The van der Waals surface area contributed by atoms with Gasteiger partial charge in [-0.1, -0.05) is 32.0 Å². The van der Waals surface area contributed by atoms with Crippen LogP contribution in [0.15, 0.2) is 58.7 Å². The molecule has 31 heavy (non-hydrogen) atoms. The first-order chi connectivity index (χ1) is 14.7. The summed E-state index contributed by atoms with van der Waals surface area (Å²) in [6.45, 7) is 3.65. The zero-order chi connectivity index (χ0) is 22.6. The van der Waals surface area contributed by atoms with Crippen LogP contribution in [0.4, 0.5) is 4.79 Å². The molecule has 0 bridgehead atoms. The molecule has 0 aliphatic heterocycles. The fourth-order valence-electron chi connectivity index (χ4n) is 2.65. The third-order valence-corrected chi connectivity index (χ3v) is 7.19. The van der Waals surface area contributed by atoms with Crippen molar-refractivity contribution < 1.29 is 31.1 Å². The zero-order valence-electron chi connectivity index (χ0n) is 16.8. The monoisotopic (exact) mass is 467 g/mol. The molecule has 2 heterocycles. The number of imidazole rings is 1. The van der Waals surface area contributed by atoms with Crippen molar-refractivity contribution >= 4 is 31.6 Å². The first kappa shape index (κ1) is 22.6. The second kappa shape index (κ2) is 8.94. The Morgan fingerprint density at radius 1 is 1.03 bits per heavy atom. The number of rotatable bonds is 8. The molecule has 1 N–H and O–H groups in total. The summed E-state index contributed by atoms with van der Waals surface area (Å²) in [5, 5.41) is -1.36. The first-order valence-electron chi connectivity index (χ1n) is 9.35.